The predicted molar refractivity (Wildman–Crippen MR) is 72.0 cm³/mol. The van der Waals surface area contributed by atoms with Crippen LogP contribution in [0.5, 0.6) is 0 Å². The number of carboxylic acid groups (broad SMARTS) is 1. The summed E-state index contributed by atoms with van der Waals surface area (Å²) in [6.45, 7) is 0. The predicted octanol–water partition coefficient (Wildman–Crippen LogP) is 2.44. The number of anilines is 1. The SMILES string of the molecule is O=C(O)C1(Nc2ncnc3ccccc23)CCCC1. The van der Waals surface area contributed by atoms with Crippen molar-refractivity contribution in [2.24, 2.45) is 0 Å². The monoisotopic (exact) mass is 257 g/mol. The van der Waals surface area contributed by atoms with Crippen LogP contribution in [0.4, 0.5) is 5.82 Å². The topological polar surface area (TPSA) is 75.1 Å². The number of carboxylic acids is 1. The first kappa shape index (κ1) is 11.9. The van der Waals surface area contributed by atoms with Crippen LogP contribution < -0.4 is 5.32 Å². The van der Waals surface area contributed by atoms with E-state index in [0.717, 1.165) is 23.7 Å². The lowest BCUT2D eigenvalue weighted by molar-refractivity contribution is -0.142. The Kier molecular flexibility index (Phi) is 2.81. The highest BCUT2D eigenvalue weighted by Gasteiger charge is 2.41. The van der Waals surface area contributed by atoms with Crippen molar-refractivity contribution in [2.75, 3.05) is 5.32 Å². The highest BCUT2D eigenvalue weighted by Crippen LogP contribution is 2.34. The van der Waals surface area contributed by atoms with E-state index in [1.54, 1.807) is 0 Å². The van der Waals surface area contributed by atoms with Gasteiger partial charge in [0.05, 0.1) is 5.52 Å². The van der Waals surface area contributed by atoms with Gasteiger partial charge in [-0.25, -0.2) is 14.8 Å². The number of rotatable bonds is 3. The maximum atomic E-state index is 11.6. The van der Waals surface area contributed by atoms with Crippen molar-refractivity contribution in [3.05, 3.63) is 30.6 Å². The minimum absolute atomic E-state index is 0.606. The number of nitrogens with zero attached hydrogens (tertiary/aromatic N) is 2. The third-order valence-electron chi connectivity index (χ3n) is 3.77. The van der Waals surface area contributed by atoms with E-state index in [-0.39, 0.29) is 0 Å². The van der Waals surface area contributed by atoms with Gasteiger partial charge in [-0.1, -0.05) is 25.0 Å². The largest absolute Gasteiger partial charge is 0.480 e. The lowest BCUT2D eigenvalue weighted by atomic mass is 9.97. The molecule has 1 aliphatic carbocycles. The van der Waals surface area contributed by atoms with Gasteiger partial charge < -0.3 is 10.4 Å². The fourth-order valence-corrected chi connectivity index (χ4v) is 2.70. The van der Waals surface area contributed by atoms with Gasteiger partial charge >= 0.3 is 5.97 Å². The summed E-state index contributed by atoms with van der Waals surface area (Å²) in [6, 6.07) is 7.60. The molecular weight excluding hydrogens is 242 g/mol. The molecule has 1 heterocycles. The van der Waals surface area contributed by atoms with Gasteiger partial charge in [0.1, 0.15) is 17.7 Å². The van der Waals surface area contributed by atoms with Gasteiger partial charge in [0.15, 0.2) is 0 Å². The third kappa shape index (κ3) is 2.01. The molecule has 1 aromatic heterocycles. The fourth-order valence-electron chi connectivity index (χ4n) is 2.70. The molecular formula is C14H15N3O2. The van der Waals surface area contributed by atoms with E-state index in [9.17, 15) is 9.90 Å². The van der Waals surface area contributed by atoms with Crippen molar-refractivity contribution in [2.45, 2.75) is 31.2 Å². The van der Waals surface area contributed by atoms with Crippen LogP contribution in [0.2, 0.25) is 0 Å². The first-order valence-electron chi connectivity index (χ1n) is 6.43. The molecule has 1 fully saturated rings. The molecule has 1 aromatic carbocycles. The van der Waals surface area contributed by atoms with E-state index in [2.05, 4.69) is 15.3 Å². The Morgan fingerprint density at radius 1 is 1.21 bits per heavy atom. The molecule has 5 heteroatoms. The number of nitrogens with one attached hydrogen (secondary N) is 1. The van der Waals surface area contributed by atoms with Crippen LogP contribution in [0.3, 0.4) is 0 Å². The minimum Gasteiger partial charge on any atom is -0.480 e. The fraction of sp³-hybridized carbons (Fsp3) is 0.357. The molecule has 0 spiro atoms. The second-order valence-electron chi connectivity index (χ2n) is 4.96. The molecule has 98 valence electrons. The maximum Gasteiger partial charge on any atom is 0.329 e. The maximum absolute atomic E-state index is 11.6. The van der Waals surface area contributed by atoms with Crippen LogP contribution in [-0.2, 0) is 4.79 Å². The summed E-state index contributed by atoms with van der Waals surface area (Å²) < 4.78 is 0. The molecule has 0 aliphatic heterocycles. The van der Waals surface area contributed by atoms with Crippen LogP contribution in [0.15, 0.2) is 30.6 Å². The van der Waals surface area contributed by atoms with E-state index in [0.29, 0.717) is 18.7 Å². The molecule has 5 nitrogen and oxygen atoms in total. The summed E-state index contributed by atoms with van der Waals surface area (Å²) in [6.07, 6.45) is 4.61. The highest BCUT2D eigenvalue weighted by molar-refractivity contribution is 5.92. The molecule has 0 amide bonds. The van der Waals surface area contributed by atoms with Gasteiger partial charge in [-0.15, -0.1) is 0 Å². The number of benzene rings is 1. The Labute approximate surface area is 110 Å². The molecule has 0 atom stereocenters. The summed E-state index contributed by atoms with van der Waals surface area (Å²) in [7, 11) is 0. The van der Waals surface area contributed by atoms with Crippen LogP contribution in [0.1, 0.15) is 25.7 Å². The smallest absolute Gasteiger partial charge is 0.329 e. The second-order valence-corrected chi connectivity index (χ2v) is 4.96. The van der Waals surface area contributed by atoms with E-state index in [1.165, 1.54) is 6.33 Å². The van der Waals surface area contributed by atoms with Gasteiger partial charge in [0.25, 0.3) is 0 Å². The lowest BCUT2D eigenvalue weighted by Gasteiger charge is -2.26. The molecule has 1 saturated carbocycles. The Morgan fingerprint density at radius 3 is 2.68 bits per heavy atom. The number of carbonyl (C=O) groups is 1. The molecule has 1 aliphatic rings. The second kappa shape index (κ2) is 4.50. The summed E-state index contributed by atoms with van der Waals surface area (Å²) in [5.41, 5.74) is -0.0598. The van der Waals surface area contributed by atoms with E-state index < -0.39 is 11.5 Å². The average Bonchev–Trinajstić information content (AvgIpc) is 2.89. The van der Waals surface area contributed by atoms with Crippen molar-refractivity contribution in [1.82, 2.24) is 9.97 Å². The molecule has 0 saturated heterocycles. The highest BCUT2D eigenvalue weighted by atomic mass is 16.4. The van der Waals surface area contributed by atoms with Gasteiger partial charge in [-0.2, -0.15) is 0 Å². The Bertz CT molecular complexity index is 616. The standard InChI is InChI=1S/C14H15N3O2/c18-13(19)14(7-3-4-8-14)17-12-10-5-1-2-6-11(10)15-9-16-12/h1-2,5-6,9H,3-4,7-8H2,(H,18,19)(H,15,16,17). The van der Waals surface area contributed by atoms with Crippen molar-refractivity contribution in [1.29, 1.82) is 0 Å². The van der Waals surface area contributed by atoms with Gasteiger partial charge in [0.2, 0.25) is 0 Å². The molecule has 0 radical (unpaired) electrons. The molecule has 2 N–H and O–H groups in total. The van der Waals surface area contributed by atoms with E-state index in [4.69, 9.17) is 0 Å². The van der Waals surface area contributed by atoms with Gasteiger partial charge in [0, 0.05) is 5.39 Å². The molecule has 0 bridgehead atoms. The number of aliphatic carboxylic acids is 1. The number of hydrogen-bond donors (Lipinski definition) is 2. The summed E-state index contributed by atoms with van der Waals surface area (Å²) >= 11 is 0. The Balaban J connectivity index is 2.03. The number of para-hydroxylation sites is 1. The van der Waals surface area contributed by atoms with Crippen LogP contribution in [-0.4, -0.2) is 26.6 Å². The molecule has 19 heavy (non-hydrogen) atoms. The van der Waals surface area contributed by atoms with Crippen molar-refractivity contribution < 1.29 is 9.90 Å². The third-order valence-corrected chi connectivity index (χ3v) is 3.77. The van der Waals surface area contributed by atoms with E-state index >= 15 is 0 Å². The lowest BCUT2D eigenvalue weighted by Crippen LogP contribution is -2.44. The zero-order valence-corrected chi connectivity index (χ0v) is 10.5. The molecule has 3 rings (SSSR count). The quantitative estimate of drug-likeness (QED) is 0.883. The van der Waals surface area contributed by atoms with Crippen LogP contribution >= 0.6 is 0 Å². The summed E-state index contributed by atoms with van der Waals surface area (Å²) in [5, 5.41) is 13.5. The number of aromatic nitrogens is 2. The summed E-state index contributed by atoms with van der Waals surface area (Å²) in [5.74, 6) is -0.192. The molecule has 2 aromatic rings. The Morgan fingerprint density at radius 2 is 1.95 bits per heavy atom. The number of hydrogen-bond acceptors (Lipinski definition) is 4. The average molecular weight is 257 g/mol. The van der Waals surface area contributed by atoms with Crippen molar-refractivity contribution in [3.8, 4) is 0 Å². The van der Waals surface area contributed by atoms with Crippen LogP contribution in [0, 0.1) is 0 Å². The van der Waals surface area contributed by atoms with Gasteiger partial charge in [-0.3, -0.25) is 0 Å². The van der Waals surface area contributed by atoms with Crippen molar-refractivity contribution >= 4 is 22.7 Å². The van der Waals surface area contributed by atoms with Crippen LogP contribution in [0.25, 0.3) is 10.9 Å². The van der Waals surface area contributed by atoms with Crippen molar-refractivity contribution in [3.63, 3.8) is 0 Å². The first-order valence-corrected chi connectivity index (χ1v) is 6.43. The zero-order valence-electron chi connectivity index (χ0n) is 10.5. The van der Waals surface area contributed by atoms with Gasteiger partial charge in [-0.05, 0) is 25.0 Å². The number of fused-ring (bicyclic) bond motifs is 1. The first-order chi connectivity index (χ1) is 9.21. The normalized spacial score (nSPS) is 17.5. The van der Waals surface area contributed by atoms with E-state index in [1.807, 2.05) is 24.3 Å². The zero-order chi connectivity index (χ0) is 13.3. The Hall–Kier alpha value is -2.17. The summed E-state index contributed by atoms with van der Waals surface area (Å²) in [4.78, 5) is 20.0. The minimum atomic E-state index is -0.878. The molecule has 0 unspecified atom stereocenters.